The van der Waals surface area contributed by atoms with E-state index in [4.69, 9.17) is 4.74 Å². The minimum Gasteiger partial charge on any atom is -0.508 e. The molecule has 0 saturated carbocycles. The van der Waals surface area contributed by atoms with Gasteiger partial charge in [-0.05, 0) is 30.3 Å². The number of nitrogens with one attached hydrogen (secondary N) is 2. The number of rotatable bonds is 6. The number of phenols is 1. The van der Waals surface area contributed by atoms with Crippen molar-refractivity contribution >= 4 is 22.8 Å². The fraction of sp³-hybridized carbons (Fsp3) is 0.0500. The number of fused-ring (bicyclic) bond motifs is 1. The molecule has 0 fully saturated rings. The van der Waals surface area contributed by atoms with Crippen molar-refractivity contribution in [2.45, 2.75) is 0 Å². The van der Waals surface area contributed by atoms with Gasteiger partial charge in [-0.25, -0.2) is 4.98 Å². The van der Waals surface area contributed by atoms with Gasteiger partial charge >= 0.3 is 0 Å². The van der Waals surface area contributed by atoms with Crippen LogP contribution in [0.15, 0.2) is 67.0 Å². The van der Waals surface area contributed by atoms with Crippen LogP contribution < -0.4 is 15.6 Å². The molecule has 1 amide bonds. The maximum absolute atomic E-state index is 12.0. The van der Waals surface area contributed by atoms with E-state index in [0.29, 0.717) is 17.0 Å². The summed E-state index contributed by atoms with van der Waals surface area (Å²) in [4.78, 5) is 20.4. The third kappa shape index (κ3) is 4.35. The zero-order chi connectivity index (χ0) is 20.1. The van der Waals surface area contributed by atoms with Crippen LogP contribution in [0.1, 0.15) is 0 Å². The summed E-state index contributed by atoms with van der Waals surface area (Å²) >= 11 is 0. The number of carbonyl (C=O) groups excluding carboxylic acids is 1. The van der Waals surface area contributed by atoms with Crippen molar-refractivity contribution in [2.24, 2.45) is 0 Å². The van der Waals surface area contributed by atoms with Gasteiger partial charge < -0.3 is 9.84 Å². The van der Waals surface area contributed by atoms with Gasteiger partial charge in [0.2, 0.25) is 0 Å². The molecule has 9 nitrogen and oxygen atoms in total. The van der Waals surface area contributed by atoms with Crippen LogP contribution in [-0.4, -0.2) is 37.8 Å². The molecule has 2 aromatic heterocycles. The van der Waals surface area contributed by atoms with Crippen LogP contribution in [0.3, 0.4) is 0 Å². The van der Waals surface area contributed by atoms with E-state index >= 15 is 0 Å². The number of amides is 1. The van der Waals surface area contributed by atoms with Crippen molar-refractivity contribution < 1.29 is 14.6 Å². The third-order valence-electron chi connectivity index (χ3n) is 3.99. The number of carbonyl (C=O) groups is 1. The molecule has 2 aromatic carbocycles. The second kappa shape index (κ2) is 8.17. The molecular weight excluding hydrogens is 372 g/mol. The Morgan fingerprint density at radius 1 is 1.03 bits per heavy atom. The van der Waals surface area contributed by atoms with Crippen LogP contribution in [0.5, 0.6) is 11.5 Å². The van der Waals surface area contributed by atoms with Gasteiger partial charge in [-0.2, -0.15) is 0 Å². The first-order chi connectivity index (χ1) is 14.2. The number of benzene rings is 2. The van der Waals surface area contributed by atoms with Gasteiger partial charge in [0.05, 0.1) is 11.7 Å². The highest BCUT2D eigenvalue weighted by Gasteiger charge is 2.08. The number of nitrogens with zero attached hydrogens (tertiary/aromatic N) is 4. The lowest BCUT2D eigenvalue weighted by molar-refractivity contribution is -0.122. The number of para-hydroxylation sites is 1. The average molecular weight is 388 g/mol. The van der Waals surface area contributed by atoms with Crippen molar-refractivity contribution in [1.82, 2.24) is 25.6 Å². The summed E-state index contributed by atoms with van der Waals surface area (Å²) in [6.45, 7) is -0.199. The molecule has 0 aliphatic rings. The van der Waals surface area contributed by atoms with Crippen LogP contribution in [-0.2, 0) is 4.79 Å². The lowest BCUT2D eigenvalue weighted by Gasteiger charge is -2.10. The summed E-state index contributed by atoms with van der Waals surface area (Å²) in [6.07, 6.45) is 3.11. The van der Waals surface area contributed by atoms with Gasteiger partial charge in [-0.1, -0.05) is 24.3 Å². The largest absolute Gasteiger partial charge is 0.508 e. The van der Waals surface area contributed by atoms with Crippen LogP contribution in [0.25, 0.3) is 22.2 Å². The molecule has 4 aromatic rings. The number of hydrogen-bond acceptors (Lipinski definition) is 8. The average Bonchev–Trinajstić information content (AvgIpc) is 2.76. The second-order valence-electron chi connectivity index (χ2n) is 6.01. The Kier molecular flexibility index (Phi) is 5.10. The number of aromatic hydroxyl groups is 1. The third-order valence-corrected chi connectivity index (χ3v) is 3.99. The number of hydrogen-bond donors (Lipinski definition) is 3. The molecule has 4 rings (SSSR count). The summed E-state index contributed by atoms with van der Waals surface area (Å²) in [5, 5.41) is 18.3. The number of ether oxygens (including phenoxy) is 1. The molecule has 0 radical (unpaired) electrons. The Bertz CT molecular complexity index is 1140. The molecule has 0 aliphatic carbocycles. The Hall–Kier alpha value is -4.27. The van der Waals surface area contributed by atoms with Crippen molar-refractivity contribution in [3.8, 4) is 22.8 Å². The maximum atomic E-state index is 12.0. The monoisotopic (exact) mass is 388 g/mol. The molecule has 0 aliphatic heterocycles. The van der Waals surface area contributed by atoms with Crippen LogP contribution in [0.2, 0.25) is 0 Å². The number of phenolic OH excluding ortho intramolecular Hbond substituents is 1. The maximum Gasteiger partial charge on any atom is 0.276 e. The standard InChI is InChI=1S/C20H16N6O3/c27-14-5-3-4-13(10-14)17-11-22-20(25-23-17)26-24-19(28)12-29-18-8-9-21-16-7-2-1-6-15(16)18/h1-11,27H,12H2,(H,24,28)(H,22,25,26). The van der Waals surface area contributed by atoms with Crippen molar-refractivity contribution in [2.75, 3.05) is 12.0 Å². The number of aromatic nitrogens is 4. The van der Waals surface area contributed by atoms with Crippen LogP contribution >= 0.6 is 0 Å². The van der Waals surface area contributed by atoms with Crippen molar-refractivity contribution in [1.29, 1.82) is 0 Å². The van der Waals surface area contributed by atoms with Gasteiger partial charge in [0, 0.05) is 17.1 Å². The highest BCUT2D eigenvalue weighted by atomic mass is 16.5. The van der Waals surface area contributed by atoms with Gasteiger partial charge in [0.1, 0.15) is 17.2 Å². The summed E-state index contributed by atoms with van der Waals surface area (Å²) < 4.78 is 5.59. The van der Waals surface area contributed by atoms with E-state index in [2.05, 4.69) is 31.0 Å². The van der Waals surface area contributed by atoms with E-state index in [1.807, 2.05) is 24.3 Å². The molecule has 0 saturated heterocycles. The van der Waals surface area contributed by atoms with Gasteiger partial charge in [-0.15, -0.1) is 10.2 Å². The molecule has 0 atom stereocenters. The van der Waals surface area contributed by atoms with E-state index < -0.39 is 5.91 Å². The fourth-order valence-electron chi connectivity index (χ4n) is 2.63. The summed E-state index contributed by atoms with van der Waals surface area (Å²) in [5.74, 6) is 0.406. The molecule has 9 heteroatoms. The molecule has 0 bridgehead atoms. The minimum atomic E-state index is -0.411. The van der Waals surface area contributed by atoms with Gasteiger partial charge in [0.15, 0.2) is 6.61 Å². The van der Waals surface area contributed by atoms with E-state index in [1.165, 1.54) is 6.20 Å². The van der Waals surface area contributed by atoms with E-state index in [-0.39, 0.29) is 18.3 Å². The van der Waals surface area contributed by atoms with E-state index in [1.54, 1.807) is 36.5 Å². The highest BCUT2D eigenvalue weighted by Crippen LogP contribution is 2.23. The molecule has 144 valence electrons. The zero-order valence-corrected chi connectivity index (χ0v) is 15.1. The second-order valence-corrected chi connectivity index (χ2v) is 6.01. The molecule has 0 unspecified atom stereocenters. The Labute approximate surface area is 165 Å². The highest BCUT2D eigenvalue weighted by molar-refractivity contribution is 5.85. The molecule has 0 spiro atoms. The van der Waals surface area contributed by atoms with Crippen LogP contribution in [0, 0.1) is 0 Å². The first-order valence-corrected chi connectivity index (χ1v) is 8.69. The predicted molar refractivity (Wildman–Crippen MR) is 106 cm³/mol. The Morgan fingerprint density at radius 2 is 1.93 bits per heavy atom. The van der Waals surface area contributed by atoms with Crippen molar-refractivity contribution in [3.63, 3.8) is 0 Å². The SMILES string of the molecule is O=C(COc1ccnc2ccccc12)NNc1ncc(-c2cccc(O)c2)nn1. The summed E-state index contributed by atoms with van der Waals surface area (Å²) in [7, 11) is 0. The first kappa shape index (κ1) is 18.1. The Balaban J connectivity index is 1.32. The minimum absolute atomic E-state index is 0.122. The smallest absolute Gasteiger partial charge is 0.276 e. The normalized spacial score (nSPS) is 10.5. The van der Waals surface area contributed by atoms with Crippen LogP contribution in [0.4, 0.5) is 5.95 Å². The fourth-order valence-corrected chi connectivity index (χ4v) is 2.63. The van der Waals surface area contributed by atoms with Gasteiger partial charge in [0.25, 0.3) is 11.9 Å². The number of anilines is 1. The quantitative estimate of drug-likeness (QED) is 0.430. The lowest BCUT2D eigenvalue weighted by atomic mass is 10.1. The molecule has 3 N–H and O–H groups in total. The molecular formula is C20H16N6O3. The Morgan fingerprint density at radius 3 is 2.76 bits per heavy atom. The lowest BCUT2D eigenvalue weighted by Crippen LogP contribution is -2.34. The van der Waals surface area contributed by atoms with E-state index in [9.17, 15) is 9.90 Å². The molecule has 2 heterocycles. The summed E-state index contributed by atoms with van der Waals surface area (Å²) in [6, 6.07) is 15.8. The number of pyridine rings is 1. The topological polar surface area (TPSA) is 122 Å². The first-order valence-electron chi connectivity index (χ1n) is 8.69. The molecule has 29 heavy (non-hydrogen) atoms. The number of hydrazine groups is 1. The predicted octanol–water partition coefficient (Wildman–Crippen LogP) is 2.31. The van der Waals surface area contributed by atoms with E-state index in [0.717, 1.165) is 10.9 Å². The summed E-state index contributed by atoms with van der Waals surface area (Å²) in [5.41, 5.74) is 6.99. The van der Waals surface area contributed by atoms with Crippen molar-refractivity contribution in [3.05, 3.63) is 67.0 Å². The zero-order valence-electron chi connectivity index (χ0n) is 15.1. The van der Waals surface area contributed by atoms with Gasteiger partial charge in [-0.3, -0.25) is 20.6 Å².